The average molecular weight is 275 g/mol. The molecular formula is C14H17N3O3. The summed E-state index contributed by atoms with van der Waals surface area (Å²) in [5.41, 5.74) is -0.655. The maximum absolute atomic E-state index is 12.2. The van der Waals surface area contributed by atoms with E-state index in [1.165, 1.54) is 18.3 Å². The van der Waals surface area contributed by atoms with Crippen LogP contribution in [0.3, 0.4) is 0 Å². The Balaban J connectivity index is 2.48. The Morgan fingerprint density at radius 2 is 2.25 bits per heavy atom. The van der Waals surface area contributed by atoms with Gasteiger partial charge < -0.3 is 10.4 Å². The first-order chi connectivity index (χ1) is 9.40. The highest BCUT2D eigenvalue weighted by Gasteiger charge is 2.43. The fourth-order valence-electron chi connectivity index (χ4n) is 2.16. The molecule has 1 aromatic heterocycles. The zero-order valence-corrected chi connectivity index (χ0v) is 11.7. The van der Waals surface area contributed by atoms with Crippen molar-refractivity contribution in [3.8, 4) is 0 Å². The summed E-state index contributed by atoms with van der Waals surface area (Å²) in [4.78, 5) is 31.8. The molecule has 1 amide bonds. The minimum absolute atomic E-state index is 0.0277. The van der Waals surface area contributed by atoms with E-state index in [9.17, 15) is 9.59 Å². The van der Waals surface area contributed by atoms with Gasteiger partial charge in [-0.15, -0.1) is 0 Å². The lowest BCUT2D eigenvalue weighted by Crippen LogP contribution is -2.42. The van der Waals surface area contributed by atoms with Gasteiger partial charge in [-0.05, 0) is 25.0 Å². The van der Waals surface area contributed by atoms with Gasteiger partial charge in [0.05, 0.1) is 5.56 Å². The molecule has 0 saturated heterocycles. The molecule has 2 rings (SSSR count). The highest BCUT2D eigenvalue weighted by Crippen LogP contribution is 2.29. The quantitative estimate of drug-likeness (QED) is 0.870. The standard InChI is InChI=1S/C14H17N3O3/c1-4-8(2)14(3)13(20)16-11(17-14)10-9(12(18)19)6-5-7-15-10/h5-8H,4H2,1-3H3,(H,18,19)(H,16,17,20). The third kappa shape index (κ3) is 2.17. The van der Waals surface area contributed by atoms with Crippen LogP contribution in [-0.2, 0) is 4.79 Å². The Morgan fingerprint density at radius 3 is 2.85 bits per heavy atom. The molecule has 20 heavy (non-hydrogen) atoms. The van der Waals surface area contributed by atoms with Gasteiger partial charge in [0.25, 0.3) is 5.91 Å². The molecule has 2 unspecified atom stereocenters. The molecule has 0 bridgehead atoms. The van der Waals surface area contributed by atoms with E-state index in [0.717, 1.165) is 6.42 Å². The number of amidine groups is 1. The number of aromatic carboxylic acids is 1. The number of hydrogen-bond acceptors (Lipinski definition) is 4. The molecule has 6 nitrogen and oxygen atoms in total. The number of aliphatic imine (C=N–C) groups is 1. The van der Waals surface area contributed by atoms with E-state index in [1.807, 2.05) is 13.8 Å². The third-order valence-corrected chi connectivity index (χ3v) is 3.87. The van der Waals surface area contributed by atoms with E-state index in [0.29, 0.717) is 0 Å². The van der Waals surface area contributed by atoms with Crippen LogP contribution in [0.5, 0.6) is 0 Å². The zero-order valence-electron chi connectivity index (χ0n) is 11.7. The summed E-state index contributed by atoms with van der Waals surface area (Å²) >= 11 is 0. The number of hydrogen-bond donors (Lipinski definition) is 2. The largest absolute Gasteiger partial charge is 0.478 e. The van der Waals surface area contributed by atoms with Gasteiger partial charge in [0.2, 0.25) is 0 Å². The summed E-state index contributed by atoms with van der Waals surface area (Å²) in [6.45, 7) is 5.69. The zero-order chi connectivity index (χ0) is 14.9. The van der Waals surface area contributed by atoms with E-state index in [1.54, 1.807) is 6.92 Å². The average Bonchev–Trinajstić information content (AvgIpc) is 2.75. The summed E-state index contributed by atoms with van der Waals surface area (Å²) in [6.07, 6.45) is 2.28. The fourth-order valence-corrected chi connectivity index (χ4v) is 2.16. The summed E-state index contributed by atoms with van der Waals surface area (Å²) in [7, 11) is 0. The maximum Gasteiger partial charge on any atom is 0.338 e. The lowest BCUT2D eigenvalue weighted by atomic mass is 9.86. The summed E-state index contributed by atoms with van der Waals surface area (Å²) < 4.78 is 0. The first kappa shape index (κ1) is 14.2. The molecule has 1 aromatic rings. The van der Waals surface area contributed by atoms with Crippen molar-refractivity contribution in [2.75, 3.05) is 0 Å². The monoisotopic (exact) mass is 275 g/mol. The lowest BCUT2D eigenvalue weighted by molar-refractivity contribution is -0.124. The molecule has 2 atom stereocenters. The van der Waals surface area contributed by atoms with E-state index in [-0.39, 0.29) is 28.9 Å². The number of carboxylic acids is 1. The van der Waals surface area contributed by atoms with Crippen LogP contribution < -0.4 is 5.32 Å². The van der Waals surface area contributed by atoms with Gasteiger partial charge in [-0.2, -0.15) is 0 Å². The predicted molar refractivity (Wildman–Crippen MR) is 73.7 cm³/mol. The van der Waals surface area contributed by atoms with Crippen molar-refractivity contribution >= 4 is 17.7 Å². The van der Waals surface area contributed by atoms with Crippen molar-refractivity contribution in [1.82, 2.24) is 10.3 Å². The smallest absolute Gasteiger partial charge is 0.338 e. The van der Waals surface area contributed by atoms with E-state index in [2.05, 4.69) is 15.3 Å². The molecule has 2 N–H and O–H groups in total. The van der Waals surface area contributed by atoms with Crippen LogP contribution >= 0.6 is 0 Å². The Labute approximate surface area is 116 Å². The number of aromatic nitrogens is 1. The number of pyridine rings is 1. The molecule has 6 heteroatoms. The number of carbonyl (C=O) groups is 2. The molecule has 0 radical (unpaired) electrons. The molecule has 1 aliphatic heterocycles. The first-order valence-corrected chi connectivity index (χ1v) is 6.50. The van der Waals surface area contributed by atoms with Crippen LogP contribution in [0.25, 0.3) is 0 Å². The number of carbonyl (C=O) groups excluding carboxylic acids is 1. The number of rotatable bonds is 4. The molecule has 1 aliphatic rings. The minimum Gasteiger partial charge on any atom is -0.478 e. The van der Waals surface area contributed by atoms with Crippen LogP contribution in [-0.4, -0.2) is 33.3 Å². The van der Waals surface area contributed by atoms with Gasteiger partial charge in [0.1, 0.15) is 11.2 Å². The Bertz CT molecular complexity index is 597. The summed E-state index contributed by atoms with van der Waals surface area (Å²) in [6, 6.07) is 2.98. The summed E-state index contributed by atoms with van der Waals surface area (Å²) in [5, 5.41) is 11.8. The van der Waals surface area contributed by atoms with Gasteiger partial charge in [-0.3, -0.25) is 9.78 Å². The van der Waals surface area contributed by atoms with Gasteiger partial charge in [0.15, 0.2) is 5.84 Å². The highest BCUT2D eigenvalue weighted by molar-refractivity contribution is 6.17. The minimum atomic E-state index is -1.10. The van der Waals surface area contributed by atoms with Gasteiger partial charge >= 0.3 is 5.97 Å². The van der Waals surface area contributed by atoms with Crippen LogP contribution in [0.15, 0.2) is 23.3 Å². The Morgan fingerprint density at radius 1 is 1.55 bits per heavy atom. The van der Waals surface area contributed by atoms with Crippen molar-refractivity contribution in [3.63, 3.8) is 0 Å². The number of amides is 1. The van der Waals surface area contributed by atoms with Crippen LogP contribution in [0, 0.1) is 5.92 Å². The lowest BCUT2D eigenvalue weighted by Gasteiger charge is -2.24. The second-order valence-corrected chi connectivity index (χ2v) is 5.08. The van der Waals surface area contributed by atoms with Crippen LogP contribution in [0.4, 0.5) is 0 Å². The highest BCUT2D eigenvalue weighted by atomic mass is 16.4. The SMILES string of the molecule is CCC(C)C1(C)N=C(c2ncccc2C(=O)O)NC1=O. The number of carboxylic acid groups (broad SMARTS) is 1. The van der Waals surface area contributed by atoms with Gasteiger partial charge in [-0.25, -0.2) is 9.79 Å². The molecule has 0 aromatic carbocycles. The molecule has 0 fully saturated rings. The fraction of sp³-hybridized carbons (Fsp3) is 0.429. The molecule has 106 valence electrons. The Kier molecular flexibility index (Phi) is 3.57. The first-order valence-electron chi connectivity index (χ1n) is 6.50. The van der Waals surface area contributed by atoms with E-state index < -0.39 is 11.5 Å². The molecule has 2 heterocycles. The number of nitrogens with one attached hydrogen (secondary N) is 1. The molecule has 0 saturated carbocycles. The third-order valence-electron chi connectivity index (χ3n) is 3.87. The van der Waals surface area contributed by atoms with Crippen molar-refractivity contribution < 1.29 is 14.7 Å². The summed E-state index contributed by atoms with van der Waals surface area (Å²) in [5.74, 6) is -1.03. The van der Waals surface area contributed by atoms with E-state index in [4.69, 9.17) is 5.11 Å². The van der Waals surface area contributed by atoms with Gasteiger partial charge in [-0.1, -0.05) is 20.3 Å². The normalized spacial score (nSPS) is 23.1. The second kappa shape index (κ2) is 5.03. The second-order valence-electron chi connectivity index (χ2n) is 5.08. The van der Waals surface area contributed by atoms with Crippen LogP contribution in [0.1, 0.15) is 43.2 Å². The number of nitrogens with zero attached hydrogens (tertiary/aromatic N) is 2. The van der Waals surface area contributed by atoms with Crippen molar-refractivity contribution in [2.45, 2.75) is 32.7 Å². The molecule has 0 spiro atoms. The molecular weight excluding hydrogens is 258 g/mol. The predicted octanol–water partition coefficient (Wildman–Crippen LogP) is 1.46. The Hall–Kier alpha value is -2.24. The van der Waals surface area contributed by atoms with Crippen molar-refractivity contribution in [1.29, 1.82) is 0 Å². The van der Waals surface area contributed by atoms with Crippen molar-refractivity contribution in [2.24, 2.45) is 10.9 Å². The van der Waals surface area contributed by atoms with E-state index >= 15 is 0 Å². The van der Waals surface area contributed by atoms with Crippen LogP contribution in [0.2, 0.25) is 0 Å². The maximum atomic E-state index is 12.2. The van der Waals surface area contributed by atoms with Gasteiger partial charge in [0, 0.05) is 6.20 Å². The molecule has 0 aliphatic carbocycles. The topological polar surface area (TPSA) is 91.7 Å². The van der Waals surface area contributed by atoms with Crippen molar-refractivity contribution in [3.05, 3.63) is 29.6 Å².